The number of rotatable bonds is 14. The molecule has 0 saturated heterocycles. The molecular formula is C44H34N12Na2. The molecule has 6 N–H and O–H groups in total. The van der Waals surface area contributed by atoms with Crippen LogP contribution in [-0.2, 0) is 0 Å². The van der Waals surface area contributed by atoms with E-state index in [9.17, 15) is 0 Å². The minimum atomic E-state index is 0.426. The van der Waals surface area contributed by atoms with E-state index < -0.39 is 0 Å². The van der Waals surface area contributed by atoms with Crippen LogP contribution in [0.3, 0.4) is 0 Å². The topological polar surface area (TPSA) is 150 Å². The average molecular weight is 777 g/mol. The zero-order valence-electron chi connectivity index (χ0n) is 31.8. The first-order chi connectivity index (χ1) is 28.5. The number of hydrogen-bond acceptors (Lipinski definition) is 12. The molecule has 14 heteroatoms. The summed E-state index contributed by atoms with van der Waals surface area (Å²) in [6, 6.07) is 51.9. The summed E-state index contributed by atoms with van der Waals surface area (Å²) < 4.78 is 2.48. The molecule has 2 heterocycles. The number of anilines is 12. The second kappa shape index (κ2) is 18.9. The fourth-order valence-electron chi connectivity index (χ4n) is 6.01. The van der Waals surface area contributed by atoms with E-state index >= 15 is 0 Å². The number of nitrogens with one attached hydrogen (secondary N) is 6. The van der Waals surface area contributed by atoms with Crippen molar-refractivity contribution in [2.75, 3.05) is 31.9 Å². The van der Waals surface area contributed by atoms with Crippen molar-refractivity contribution in [2.24, 2.45) is 0 Å². The van der Waals surface area contributed by atoms with Gasteiger partial charge in [-0.2, -0.15) is 0 Å². The Morgan fingerprint density at radius 3 is 0.776 bits per heavy atom. The zero-order chi connectivity index (χ0) is 39.5. The van der Waals surface area contributed by atoms with Gasteiger partial charge in [0.25, 0.3) is 0 Å². The van der Waals surface area contributed by atoms with Crippen molar-refractivity contribution in [3.63, 3.8) is 0 Å². The molecule has 0 fully saturated rings. The van der Waals surface area contributed by atoms with Crippen LogP contribution in [0.4, 0.5) is 69.8 Å². The number of hydrogen-bond donors (Lipinski definition) is 6. The third kappa shape index (κ3) is 10.8. The van der Waals surface area contributed by atoms with E-state index in [1.54, 1.807) is 0 Å². The first-order valence-electron chi connectivity index (χ1n) is 18.7. The molecule has 0 aliphatic heterocycles. The average Bonchev–Trinajstić information content (AvgIpc) is 3.22. The van der Waals surface area contributed by atoms with E-state index in [1.165, 1.54) is 5.63 Å². The van der Waals surface area contributed by atoms with E-state index in [0.717, 1.165) is 101 Å². The van der Waals surface area contributed by atoms with Gasteiger partial charge < -0.3 is 0 Å². The van der Waals surface area contributed by atoms with Gasteiger partial charge in [-0.25, -0.2) is 0 Å². The van der Waals surface area contributed by atoms with E-state index in [1.807, 2.05) is 133 Å². The van der Waals surface area contributed by atoms with Crippen LogP contribution in [-0.4, -0.2) is 85.8 Å². The van der Waals surface area contributed by atoms with Gasteiger partial charge >= 0.3 is 374 Å². The van der Waals surface area contributed by atoms with Gasteiger partial charge in [0.2, 0.25) is 0 Å². The molecule has 12 nitrogen and oxygen atoms in total. The van der Waals surface area contributed by atoms with Gasteiger partial charge in [0.05, 0.1) is 0 Å². The predicted molar refractivity (Wildman–Crippen MR) is 238 cm³/mol. The molecule has 0 aliphatic rings. The summed E-state index contributed by atoms with van der Waals surface area (Å²) in [4.78, 5) is 27.9. The van der Waals surface area contributed by atoms with Crippen molar-refractivity contribution >= 4 is 143 Å². The summed E-state index contributed by atoms with van der Waals surface area (Å²) >= 11 is 1.69. The number of aromatic nitrogens is 6. The van der Waals surface area contributed by atoms with Gasteiger partial charge in [0, 0.05) is 0 Å². The minimum absolute atomic E-state index is 0.426. The van der Waals surface area contributed by atoms with Crippen LogP contribution in [0, 0.1) is 0 Å². The molecule has 272 valence electrons. The van der Waals surface area contributed by atoms with Crippen molar-refractivity contribution in [1.29, 1.82) is 0 Å². The molecule has 2 aromatic heterocycles. The Balaban J connectivity index is 0.966. The van der Waals surface area contributed by atoms with Crippen molar-refractivity contribution in [3.05, 3.63) is 169 Å². The van der Waals surface area contributed by atoms with Gasteiger partial charge in [0.15, 0.2) is 0 Å². The van der Waals surface area contributed by atoms with Crippen LogP contribution >= 0.6 is 0 Å². The maximum atomic E-state index is 4.67. The van der Waals surface area contributed by atoms with Crippen LogP contribution in [0.15, 0.2) is 158 Å². The van der Waals surface area contributed by atoms with Gasteiger partial charge in [0.1, 0.15) is 0 Å². The van der Waals surface area contributed by atoms with Crippen LogP contribution in [0.2, 0.25) is 0 Å². The van der Waals surface area contributed by atoms with Crippen molar-refractivity contribution < 1.29 is 0 Å². The van der Waals surface area contributed by atoms with E-state index in [2.05, 4.69) is 98.2 Å². The predicted octanol–water partition coefficient (Wildman–Crippen LogP) is 8.28. The fourth-order valence-corrected chi connectivity index (χ4v) is 7.30. The summed E-state index contributed by atoms with van der Waals surface area (Å²) in [6.45, 7) is 0. The third-order valence-electron chi connectivity index (χ3n) is 8.88. The molecule has 8 aromatic rings. The second-order valence-corrected chi connectivity index (χ2v) is 15.5. The Labute approximate surface area is 371 Å². The molecule has 0 bridgehead atoms. The van der Waals surface area contributed by atoms with Crippen molar-refractivity contribution in [2.45, 2.75) is 0 Å². The van der Waals surface area contributed by atoms with E-state index in [0.29, 0.717) is 35.7 Å². The van der Waals surface area contributed by atoms with Gasteiger partial charge in [-0.1, -0.05) is 0 Å². The molecule has 0 aliphatic carbocycles. The molecule has 0 radical (unpaired) electrons. The van der Waals surface area contributed by atoms with Crippen LogP contribution in [0.25, 0.3) is 12.2 Å². The first kappa shape index (κ1) is 38.7. The van der Waals surface area contributed by atoms with Crippen molar-refractivity contribution in [1.82, 2.24) is 29.9 Å². The monoisotopic (exact) mass is 776 g/mol. The molecule has 0 saturated carbocycles. The Morgan fingerprint density at radius 1 is 0.293 bits per heavy atom. The van der Waals surface area contributed by atoms with Gasteiger partial charge in [-0.3, -0.25) is 0 Å². The van der Waals surface area contributed by atoms with Crippen LogP contribution in [0.5, 0.6) is 0 Å². The SMILES string of the molecule is [Na][c]1cc(Nc2nc(Nc3ccccc3)nc(Nc3ccccc3)n2)ccc1C=Cc1ccc(Nc2nc(Nc3ccccc3)nc(Nc3ccccc3)n2)c[c]1[Na]. The Morgan fingerprint density at radius 2 is 0.534 bits per heavy atom. The zero-order valence-corrected chi connectivity index (χ0v) is 35.8. The summed E-state index contributed by atoms with van der Waals surface area (Å²) in [5.41, 5.74) is 7.64. The van der Waals surface area contributed by atoms with Crippen molar-refractivity contribution in [3.8, 4) is 0 Å². The van der Waals surface area contributed by atoms with Gasteiger partial charge in [-0.15, -0.1) is 0 Å². The molecule has 8 rings (SSSR count). The van der Waals surface area contributed by atoms with Crippen LogP contribution < -0.4 is 37.5 Å². The second-order valence-electron chi connectivity index (χ2n) is 13.3. The normalized spacial score (nSPS) is 10.9. The van der Waals surface area contributed by atoms with Crippen LogP contribution in [0.1, 0.15) is 11.1 Å². The Kier molecular flexibility index (Phi) is 12.6. The molecular weight excluding hydrogens is 743 g/mol. The third-order valence-corrected chi connectivity index (χ3v) is 10.6. The van der Waals surface area contributed by atoms with Gasteiger partial charge in [-0.05, 0) is 0 Å². The first-order valence-corrected chi connectivity index (χ1v) is 20.7. The molecule has 0 spiro atoms. The molecule has 6 aromatic carbocycles. The molecule has 58 heavy (non-hydrogen) atoms. The van der Waals surface area contributed by atoms with E-state index in [4.69, 9.17) is 0 Å². The van der Waals surface area contributed by atoms with E-state index in [-0.39, 0.29) is 0 Å². The summed E-state index contributed by atoms with van der Waals surface area (Å²) in [5.74, 6) is 2.56. The summed E-state index contributed by atoms with van der Waals surface area (Å²) in [6.07, 6.45) is 4.36. The fraction of sp³-hybridized carbons (Fsp3) is 0. The Bertz CT molecular complexity index is 2350. The molecule has 0 amide bonds. The molecule has 0 atom stereocenters. The standard InChI is InChI=1S/C44H34N12.2Na/c1-5-13-33(14-6-1)45-39-51-40(46-34-15-7-2-8-16-34)54-43(53-39)49-37-27-23-31(24-28-37)21-22-32-25-29-38(30-26-32)50-44-55-41(47-35-17-9-3-10-18-35)52-42(56-44)48-36-19-11-4-12-20-36;;/h1-23,25,27-30H,(H3,45,46,49,51,53,54)(H3,47,48,50,52,55,56);;. The summed E-state index contributed by atoms with van der Waals surface area (Å²) in [7, 11) is 0. The summed E-state index contributed by atoms with van der Waals surface area (Å²) in [5, 5.41) is 20.0. The Hall–Kier alpha value is -6.12. The maximum absolute atomic E-state index is 4.67. The quantitative estimate of drug-likeness (QED) is 0.0466. The molecule has 0 unspecified atom stereocenters. The number of benzene rings is 6. The number of para-hydroxylation sites is 4. The number of nitrogens with zero attached hydrogens (tertiary/aromatic N) is 6.